The molecule has 0 unspecified atom stereocenters. The van der Waals surface area contributed by atoms with Gasteiger partial charge in [-0.05, 0) is 44.5 Å². The molecule has 11 heteroatoms. The molecule has 0 radical (unpaired) electrons. The number of hydrogen-bond donors (Lipinski definition) is 1. The van der Waals surface area contributed by atoms with Gasteiger partial charge in [0.05, 0.1) is 17.0 Å². The summed E-state index contributed by atoms with van der Waals surface area (Å²) in [5.41, 5.74) is 0.249. The number of anilines is 1. The van der Waals surface area contributed by atoms with Crippen LogP contribution in [0.15, 0.2) is 42.5 Å². The second-order valence-electron chi connectivity index (χ2n) is 7.97. The van der Waals surface area contributed by atoms with Crippen LogP contribution in [-0.2, 0) is 26.2 Å². The lowest BCUT2D eigenvalue weighted by molar-refractivity contribution is -0.139. The van der Waals surface area contributed by atoms with Crippen molar-refractivity contribution in [3.63, 3.8) is 0 Å². The molecule has 0 bridgehead atoms. The fourth-order valence-corrected chi connectivity index (χ4v) is 4.56. The van der Waals surface area contributed by atoms with E-state index < -0.39 is 40.2 Å². The van der Waals surface area contributed by atoms with Crippen LogP contribution in [0.25, 0.3) is 0 Å². The van der Waals surface area contributed by atoms with Gasteiger partial charge in [-0.1, -0.05) is 48.3 Å². The monoisotopic (exact) mass is 531 g/mol. The van der Waals surface area contributed by atoms with Crippen LogP contribution in [-0.4, -0.2) is 50.0 Å². The molecule has 0 heterocycles. The molecule has 2 aromatic rings. The van der Waals surface area contributed by atoms with E-state index in [-0.39, 0.29) is 28.9 Å². The molecule has 1 N–H and O–H groups in total. The number of nitrogens with zero attached hydrogens (tertiary/aromatic N) is 2. The van der Waals surface area contributed by atoms with Gasteiger partial charge < -0.3 is 10.2 Å². The molecule has 2 amide bonds. The summed E-state index contributed by atoms with van der Waals surface area (Å²) in [6, 6.07) is 8.94. The quantitative estimate of drug-likeness (QED) is 0.496. The van der Waals surface area contributed by atoms with Crippen molar-refractivity contribution in [2.75, 3.05) is 17.1 Å². The molecular formula is C23H28Cl2FN3O4S. The second-order valence-corrected chi connectivity index (χ2v) is 10.7. The molecule has 2 aromatic carbocycles. The van der Waals surface area contributed by atoms with Crippen molar-refractivity contribution in [3.05, 3.63) is 63.9 Å². The van der Waals surface area contributed by atoms with Gasteiger partial charge in [-0.3, -0.25) is 13.9 Å². The van der Waals surface area contributed by atoms with Gasteiger partial charge in [0.15, 0.2) is 0 Å². The van der Waals surface area contributed by atoms with Crippen LogP contribution in [0.1, 0.15) is 32.8 Å². The number of rotatable bonds is 10. The number of amides is 2. The molecular weight excluding hydrogens is 504 g/mol. The van der Waals surface area contributed by atoms with E-state index in [0.29, 0.717) is 11.4 Å². The zero-order chi connectivity index (χ0) is 25.6. The third-order valence-corrected chi connectivity index (χ3v) is 6.99. The van der Waals surface area contributed by atoms with E-state index in [2.05, 4.69) is 5.32 Å². The van der Waals surface area contributed by atoms with Gasteiger partial charge in [0.1, 0.15) is 18.4 Å². The topological polar surface area (TPSA) is 86.8 Å². The van der Waals surface area contributed by atoms with Gasteiger partial charge in [0, 0.05) is 23.2 Å². The molecule has 7 nitrogen and oxygen atoms in total. The van der Waals surface area contributed by atoms with E-state index in [4.69, 9.17) is 23.2 Å². The maximum Gasteiger partial charge on any atom is 0.244 e. The van der Waals surface area contributed by atoms with E-state index in [1.807, 2.05) is 13.8 Å². The van der Waals surface area contributed by atoms with Gasteiger partial charge in [-0.15, -0.1) is 0 Å². The number of carbonyl (C=O) groups excluding carboxylic acids is 2. The Bertz CT molecular complexity index is 1150. The summed E-state index contributed by atoms with van der Waals surface area (Å²) in [5.74, 6) is -1.68. The van der Waals surface area contributed by atoms with Crippen LogP contribution in [0, 0.1) is 5.82 Å². The Hall–Kier alpha value is -2.36. The van der Waals surface area contributed by atoms with E-state index >= 15 is 0 Å². The Kier molecular flexibility index (Phi) is 9.73. The predicted molar refractivity (Wildman–Crippen MR) is 133 cm³/mol. The molecule has 0 aliphatic heterocycles. The molecule has 0 spiro atoms. The van der Waals surface area contributed by atoms with Crippen molar-refractivity contribution in [1.82, 2.24) is 10.2 Å². The molecule has 0 saturated heterocycles. The fourth-order valence-electron chi connectivity index (χ4n) is 3.14. The molecule has 0 aliphatic rings. The van der Waals surface area contributed by atoms with Crippen molar-refractivity contribution in [2.45, 2.75) is 45.8 Å². The van der Waals surface area contributed by atoms with Gasteiger partial charge in [-0.2, -0.15) is 0 Å². The highest BCUT2D eigenvalue weighted by molar-refractivity contribution is 7.92. The summed E-state index contributed by atoms with van der Waals surface area (Å²) in [4.78, 5) is 27.4. The average molecular weight is 532 g/mol. The van der Waals surface area contributed by atoms with Crippen LogP contribution in [0.5, 0.6) is 0 Å². The van der Waals surface area contributed by atoms with E-state index in [9.17, 15) is 22.4 Å². The zero-order valence-electron chi connectivity index (χ0n) is 19.4. The first-order valence-electron chi connectivity index (χ1n) is 10.6. The molecule has 2 rings (SSSR count). The molecule has 34 heavy (non-hydrogen) atoms. The molecule has 0 aliphatic carbocycles. The Morgan fingerprint density at radius 3 is 2.32 bits per heavy atom. The lowest BCUT2D eigenvalue weighted by Crippen LogP contribution is -2.52. The van der Waals surface area contributed by atoms with E-state index in [0.717, 1.165) is 15.5 Å². The van der Waals surface area contributed by atoms with Crippen molar-refractivity contribution in [3.8, 4) is 0 Å². The number of benzene rings is 2. The van der Waals surface area contributed by atoms with Crippen molar-refractivity contribution in [1.29, 1.82) is 0 Å². The van der Waals surface area contributed by atoms with Crippen LogP contribution < -0.4 is 9.62 Å². The lowest BCUT2D eigenvalue weighted by atomic mass is 10.1. The Labute approximate surface area is 209 Å². The maximum atomic E-state index is 14.4. The summed E-state index contributed by atoms with van der Waals surface area (Å²) in [5, 5.41) is 3.13. The summed E-state index contributed by atoms with van der Waals surface area (Å²) in [6.07, 6.45) is 1.61. The summed E-state index contributed by atoms with van der Waals surface area (Å²) < 4.78 is 40.3. The summed E-state index contributed by atoms with van der Waals surface area (Å²) in [6.45, 7) is 4.36. The maximum absolute atomic E-state index is 14.4. The SMILES string of the molecule is CC[C@H](C)NC(=O)[C@@H](C)N(Cc1ccccc1F)C(=O)CN(c1ccc(Cl)cc1Cl)S(C)(=O)=O. The molecule has 186 valence electrons. The van der Waals surface area contributed by atoms with Crippen LogP contribution >= 0.6 is 23.2 Å². The lowest BCUT2D eigenvalue weighted by Gasteiger charge is -2.32. The number of sulfonamides is 1. The highest BCUT2D eigenvalue weighted by Gasteiger charge is 2.31. The molecule has 0 aromatic heterocycles. The Morgan fingerprint density at radius 2 is 1.76 bits per heavy atom. The normalized spacial score (nSPS) is 13.1. The number of halogens is 3. The Morgan fingerprint density at radius 1 is 1.12 bits per heavy atom. The number of nitrogens with one attached hydrogen (secondary N) is 1. The minimum atomic E-state index is -3.95. The standard InChI is InChI=1S/C23H28Cl2FN3O4S/c1-5-15(2)27-23(31)16(3)28(13-17-8-6-7-9-20(17)26)22(30)14-29(34(4,32)33)21-11-10-18(24)12-19(21)25/h6-12,15-16H,5,13-14H2,1-4H3,(H,27,31)/t15-,16+/m0/s1. The third kappa shape index (κ3) is 7.32. The first kappa shape index (κ1) is 27.9. The van der Waals surface area contributed by atoms with Gasteiger partial charge in [0.2, 0.25) is 21.8 Å². The minimum absolute atomic E-state index is 0.0361. The highest BCUT2D eigenvalue weighted by Crippen LogP contribution is 2.30. The molecule has 2 atom stereocenters. The average Bonchev–Trinajstić information content (AvgIpc) is 2.76. The van der Waals surface area contributed by atoms with Crippen molar-refractivity contribution < 1.29 is 22.4 Å². The van der Waals surface area contributed by atoms with E-state index in [1.54, 1.807) is 6.07 Å². The Balaban J connectivity index is 2.43. The third-order valence-electron chi connectivity index (χ3n) is 5.32. The van der Waals surface area contributed by atoms with Crippen LogP contribution in [0.3, 0.4) is 0 Å². The van der Waals surface area contributed by atoms with Gasteiger partial charge in [-0.25, -0.2) is 12.8 Å². The second kappa shape index (κ2) is 11.9. The highest BCUT2D eigenvalue weighted by atomic mass is 35.5. The first-order chi connectivity index (χ1) is 15.8. The van der Waals surface area contributed by atoms with Crippen molar-refractivity contribution >= 4 is 50.7 Å². The van der Waals surface area contributed by atoms with Crippen molar-refractivity contribution in [2.24, 2.45) is 0 Å². The van der Waals surface area contributed by atoms with Crippen LogP contribution in [0.2, 0.25) is 10.0 Å². The number of hydrogen-bond acceptors (Lipinski definition) is 4. The van der Waals surface area contributed by atoms with Gasteiger partial charge in [0.25, 0.3) is 0 Å². The van der Waals surface area contributed by atoms with Gasteiger partial charge >= 0.3 is 0 Å². The minimum Gasteiger partial charge on any atom is -0.352 e. The zero-order valence-corrected chi connectivity index (χ0v) is 21.7. The fraction of sp³-hybridized carbons (Fsp3) is 0.391. The first-order valence-corrected chi connectivity index (χ1v) is 13.2. The molecule has 0 fully saturated rings. The van der Waals surface area contributed by atoms with Crippen LogP contribution in [0.4, 0.5) is 10.1 Å². The van der Waals surface area contributed by atoms with E-state index in [1.165, 1.54) is 43.3 Å². The number of carbonyl (C=O) groups is 2. The summed E-state index contributed by atoms with van der Waals surface area (Å²) >= 11 is 12.1. The smallest absolute Gasteiger partial charge is 0.244 e. The predicted octanol–water partition coefficient (Wildman–Crippen LogP) is 4.23. The summed E-state index contributed by atoms with van der Waals surface area (Å²) in [7, 11) is -3.95. The largest absolute Gasteiger partial charge is 0.352 e. The molecule has 0 saturated carbocycles.